The summed E-state index contributed by atoms with van der Waals surface area (Å²) < 4.78 is 17.7. The number of hydrogen-bond acceptors (Lipinski definition) is 4. The summed E-state index contributed by atoms with van der Waals surface area (Å²) in [6, 6.07) is 3.90. The largest absolute Gasteiger partial charge is 0.465 e. The molecule has 19 heavy (non-hydrogen) atoms. The van der Waals surface area contributed by atoms with Gasteiger partial charge >= 0.3 is 5.97 Å². The van der Waals surface area contributed by atoms with Crippen LogP contribution in [0.15, 0.2) is 30.9 Å². The van der Waals surface area contributed by atoms with Crippen LogP contribution in [0, 0.1) is 5.95 Å². The average molecular weight is 266 g/mol. The summed E-state index contributed by atoms with van der Waals surface area (Å²) in [6.07, 6.45) is 1.47. The van der Waals surface area contributed by atoms with E-state index in [1.165, 1.54) is 23.1 Å². The first-order chi connectivity index (χ1) is 9.08. The molecule has 0 aliphatic carbocycles. The monoisotopic (exact) mass is 266 g/mol. The van der Waals surface area contributed by atoms with Gasteiger partial charge in [0, 0.05) is 6.54 Å². The molecule has 5 nitrogen and oxygen atoms in total. The number of carbonyl (C=O) groups is 2. The second kappa shape index (κ2) is 7.25. The number of pyridine rings is 1. The molecular formula is C13H15FN2O3. The van der Waals surface area contributed by atoms with E-state index >= 15 is 0 Å². The molecule has 0 aliphatic rings. The lowest BCUT2D eigenvalue weighted by Crippen LogP contribution is -2.37. The van der Waals surface area contributed by atoms with E-state index in [0.29, 0.717) is 0 Å². The first-order valence-corrected chi connectivity index (χ1v) is 5.76. The van der Waals surface area contributed by atoms with Crippen LogP contribution in [-0.4, -0.2) is 41.5 Å². The molecule has 0 unspecified atom stereocenters. The van der Waals surface area contributed by atoms with Gasteiger partial charge < -0.3 is 9.64 Å². The third kappa shape index (κ3) is 4.50. The lowest BCUT2D eigenvalue weighted by Gasteiger charge is -2.19. The third-order valence-electron chi connectivity index (χ3n) is 2.20. The molecule has 0 N–H and O–H groups in total. The van der Waals surface area contributed by atoms with Gasteiger partial charge in [0.15, 0.2) is 0 Å². The number of aromatic nitrogens is 1. The maximum atomic E-state index is 13.0. The van der Waals surface area contributed by atoms with Crippen molar-refractivity contribution in [1.29, 1.82) is 0 Å². The number of carbonyl (C=O) groups excluding carboxylic acids is 2. The van der Waals surface area contributed by atoms with Gasteiger partial charge in [0.1, 0.15) is 12.2 Å². The molecule has 1 aromatic heterocycles. The van der Waals surface area contributed by atoms with Gasteiger partial charge in [0.2, 0.25) is 5.95 Å². The van der Waals surface area contributed by atoms with Crippen LogP contribution in [0.2, 0.25) is 0 Å². The molecule has 6 heteroatoms. The van der Waals surface area contributed by atoms with Gasteiger partial charge in [-0.05, 0) is 19.1 Å². The molecule has 0 spiro atoms. The topological polar surface area (TPSA) is 59.5 Å². The summed E-state index contributed by atoms with van der Waals surface area (Å²) in [4.78, 5) is 28.1. The van der Waals surface area contributed by atoms with Crippen molar-refractivity contribution in [3.05, 3.63) is 42.5 Å². The SMILES string of the molecule is C=CCN(CC(=O)OCC)C(=O)c1cccc(F)n1. The Morgan fingerprint density at radius 2 is 2.26 bits per heavy atom. The number of ether oxygens (including phenoxy) is 1. The Labute approximate surface area is 110 Å². The van der Waals surface area contributed by atoms with Gasteiger partial charge in [-0.1, -0.05) is 12.1 Å². The van der Waals surface area contributed by atoms with Crippen LogP contribution in [0.25, 0.3) is 0 Å². The molecule has 1 aromatic rings. The molecule has 0 saturated heterocycles. The molecular weight excluding hydrogens is 251 g/mol. The summed E-state index contributed by atoms with van der Waals surface area (Å²) >= 11 is 0. The number of hydrogen-bond donors (Lipinski definition) is 0. The highest BCUT2D eigenvalue weighted by Gasteiger charge is 2.19. The first-order valence-electron chi connectivity index (χ1n) is 5.76. The lowest BCUT2D eigenvalue weighted by molar-refractivity contribution is -0.143. The van der Waals surface area contributed by atoms with Gasteiger partial charge in [-0.2, -0.15) is 4.39 Å². The predicted molar refractivity (Wildman–Crippen MR) is 66.9 cm³/mol. The molecule has 1 heterocycles. The van der Waals surface area contributed by atoms with Crippen LogP contribution in [0.3, 0.4) is 0 Å². The Morgan fingerprint density at radius 1 is 1.53 bits per heavy atom. The van der Waals surface area contributed by atoms with Crippen LogP contribution in [0.1, 0.15) is 17.4 Å². The quantitative estimate of drug-likeness (QED) is 0.444. The fraction of sp³-hybridized carbons (Fsp3) is 0.308. The van der Waals surface area contributed by atoms with Gasteiger partial charge in [0.25, 0.3) is 5.91 Å². The normalized spacial score (nSPS) is 9.79. The highest BCUT2D eigenvalue weighted by Crippen LogP contribution is 2.04. The average Bonchev–Trinajstić information content (AvgIpc) is 2.37. The van der Waals surface area contributed by atoms with E-state index in [0.717, 1.165) is 6.07 Å². The maximum absolute atomic E-state index is 13.0. The number of halogens is 1. The number of amides is 1. The van der Waals surface area contributed by atoms with Crippen molar-refractivity contribution in [3.63, 3.8) is 0 Å². The maximum Gasteiger partial charge on any atom is 0.325 e. The van der Waals surface area contributed by atoms with E-state index < -0.39 is 17.8 Å². The highest BCUT2D eigenvalue weighted by molar-refractivity contribution is 5.94. The number of esters is 1. The van der Waals surface area contributed by atoms with E-state index in [2.05, 4.69) is 11.6 Å². The smallest absolute Gasteiger partial charge is 0.325 e. The zero-order valence-electron chi connectivity index (χ0n) is 10.6. The summed E-state index contributed by atoms with van der Waals surface area (Å²) in [5.41, 5.74) is -0.0638. The molecule has 0 bridgehead atoms. The Bertz CT molecular complexity index is 477. The molecule has 1 rings (SSSR count). The molecule has 0 aromatic carbocycles. The van der Waals surface area contributed by atoms with E-state index in [9.17, 15) is 14.0 Å². The van der Waals surface area contributed by atoms with Crippen molar-refractivity contribution in [2.75, 3.05) is 19.7 Å². The first kappa shape index (κ1) is 14.8. The molecule has 1 amide bonds. The minimum Gasteiger partial charge on any atom is -0.465 e. The van der Waals surface area contributed by atoms with E-state index in [1.54, 1.807) is 6.92 Å². The van der Waals surface area contributed by atoms with Crippen LogP contribution in [0.5, 0.6) is 0 Å². The number of nitrogens with zero attached hydrogens (tertiary/aromatic N) is 2. The van der Waals surface area contributed by atoms with Crippen LogP contribution < -0.4 is 0 Å². The van der Waals surface area contributed by atoms with Gasteiger partial charge in [-0.25, -0.2) is 4.98 Å². The Balaban J connectivity index is 2.83. The Morgan fingerprint density at radius 3 is 2.84 bits per heavy atom. The minimum absolute atomic E-state index is 0.0638. The zero-order valence-corrected chi connectivity index (χ0v) is 10.6. The van der Waals surface area contributed by atoms with Crippen LogP contribution >= 0.6 is 0 Å². The summed E-state index contributed by atoms with van der Waals surface area (Å²) in [5.74, 6) is -1.83. The second-order valence-corrected chi connectivity index (χ2v) is 3.62. The molecule has 0 aliphatic heterocycles. The van der Waals surface area contributed by atoms with Crippen molar-refractivity contribution in [3.8, 4) is 0 Å². The van der Waals surface area contributed by atoms with Crippen LogP contribution in [-0.2, 0) is 9.53 Å². The molecule has 0 atom stereocenters. The molecule has 0 saturated carbocycles. The van der Waals surface area contributed by atoms with Gasteiger partial charge in [-0.3, -0.25) is 9.59 Å². The van der Waals surface area contributed by atoms with Crippen molar-refractivity contribution < 1.29 is 18.7 Å². The van der Waals surface area contributed by atoms with Crippen molar-refractivity contribution >= 4 is 11.9 Å². The third-order valence-corrected chi connectivity index (χ3v) is 2.20. The molecule has 0 radical (unpaired) electrons. The summed E-state index contributed by atoms with van der Waals surface area (Å²) in [6.45, 7) is 5.33. The van der Waals surface area contributed by atoms with E-state index in [4.69, 9.17) is 4.74 Å². The fourth-order valence-electron chi connectivity index (χ4n) is 1.43. The fourth-order valence-corrected chi connectivity index (χ4v) is 1.43. The standard InChI is InChI=1S/C13H15FN2O3/c1-3-8-16(9-12(17)19-4-2)13(18)10-6-5-7-11(14)15-10/h3,5-7H,1,4,8-9H2,2H3. The van der Waals surface area contributed by atoms with Gasteiger partial charge in [0.05, 0.1) is 6.61 Å². The Hall–Kier alpha value is -2.24. The van der Waals surface area contributed by atoms with Gasteiger partial charge in [-0.15, -0.1) is 6.58 Å². The van der Waals surface area contributed by atoms with Crippen molar-refractivity contribution in [1.82, 2.24) is 9.88 Å². The zero-order chi connectivity index (χ0) is 14.3. The van der Waals surface area contributed by atoms with E-state index in [1.807, 2.05) is 0 Å². The Kier molecular flexibility index (Phi) is 5.66. The molecule has 102 valence electrons. The summed E-state index contributed by atoms with van der Waals surface area (Å²) in [5, 5.41) is 0. The lowest BCUT2D eigenvalue weighted by atomic mass is 10.3. The minimum atomic E-state index is -0.750. The van der Waals surface area contributed by atoms with Crippen LogP contribution in [0.4, 0.5) is 4.39 Å². The number of rotatable bonds is 6. The van der Waals surface area contributed by atoms with E-state index in [-0.39, 0.29) is 25.4 Å². The second-order valence-electron chi connectivity index (χ2n) is 3.62. The predicted octanol–water partition coefficient (Wildman–Crippen LogP) is 1.41. The highest BCUT2D eigenvalue weighted by atomic mass is 19.1. The van der Waals surface area contributed by atoms with Crippen molar-refractivity contribution in [2.24, 2.45) is 0 Å². The molecule has 0 fully saturated rings. The summed E-state index contributed by atoms with van der Waals surface area (Å²) in [7, 11) is 0. The van der Waals surface area contributed by atoms with Crippen molar-refractivity contribution in [2.45, 2.75) is 6.92 Å².